The zero-order valence-corrected chi connectivity index (χ0v) is 21.4. The number of halogens is 2. The average molecular weight is 520 g/mol. The van der Waals surface area contributed by atoms with Gasteiger partial charge in [-0.05, 0) is 37.3 Å². The number of benzene rings is 2. The summed E-state index contributed by atoms with van der Waals surface area (Å²) in [6, 6.07) is 12.5. The highest BCUT2D eigenvalue weighted by Crippen LogP contribution is 2.24. The van der Waals surface area contributed by atoms with Crippen molar-refractivity contribution < 1.29 is 19.1 Å². The molecular weight excluding hydrogens is 489 g/mol. The summed E-state index contributed by atoms with van der Waals surface area (Å²) in [4.78, 5) is 32.4. The molecule has 0 bridgehead atoms. The summed E-state index contributed by atoms with van der Waals surface area (Å²) >= 11 is 12.1. The molecule has 4 rings (SSSR count). The summed E-state index contributed by atoms with van der Waals surface area (Å²) < 4.78 is 11.4. The number of carbonyl (C=O) groups excluding carboxylic acids is 2. The second-order valence-corrected chi connectivity index (χ2v) is 9.76. The molecule has 2 aromatic rings. The van der Waals surface area contributed by atoms with E-state index in [0.717, 1.165) is 25.2 Å². The van der Waals surface area contributed by atoms with Crippen LogP contribution in [0, 0.1) is 6.92 Å². The van der Waals surface area contributed by atoms with E-state index in [4.69, 9.17) is 32.7 Å². The van der Waals surface area contributed by atoms with Crippen molar-refractivity contribution in [2.45, 2.75) is 13.0 Å². The molecule has 9 heteroatoms. The first kappa shape index (κ1) is 25.9. The molecule has 2 fully saturated rings. The lowest BCUT2D eigenvalue weighted by Gasteiger charge is -2.37. The highest BCUT2D eigenvalue weighted by molar-refractivity contribution is 6.42. The lowest BCUT2D eigenvalue weighted by Crippen LogP contribution is -2.52. The zero-order valence-electron chi connectivity index (χ0n) is 19.9. The largest absolute Gasteiger partial charge is 0.379 e. The maximum atomic E-state index is 13.4. The van der Waals surface area contributed by atoms with Gasteiger partial charge in [0, 0.05) is 56.9 Å². The van der Waals surface area contributed by atoms with Crippen molar-refractivity contribution in [1.29, 1.82) is 0 Å². The number of ether oxygens (including phenoxy) is 2. The fourth-order valence-corrected chi connectivity index (χ4v) is 4.61. The first-order chi connectivity index (χ1) is 16.9. The number of nitrogens with zero attached hydrogens (tertiary/aromatic N) is 3. The van der Waals surface area contributed by atoms with E-state index >= 15 is 0 Å². The third-order valence-electron chi connectivity index (χ3n) is 6.39. The summed E-state index contributed by atoms with van der Waals surface area (Å²) in [5.41, 5.74) is 2.24. The Kier molecular flexibility index (Phi) is 9.03. The van der Waals surface area contributed by atoms with Crippen molar-refractivity contribution in [3.8, 4) is 0 Å². The SMILES string of the molecule is Cc1ccc(C(=O)N(CCN2CCOCC2)C[C@H]2CN(C(=O)c3ccc(Cl)c(Cl)c3)CCO2)cc1. The Morgan fingerprint density at radius 1 is 0.971 bits per heavy atom. The molecule has 188 valence electrons. The van der Waals surface area contributed by atoms with E-state index in [0.29, 0.717) is 67.2 Å². The third-order valence-corrected chi connectivity index (χ3v) is 7.13. The predicted molar refractivity (Wildman–Crippen MR) is 136 cm³/mol. The fourth-order valence-electron chi connectivity index (χ4n) is 4.31. The first-order valence-corrected chi connectivity index (χ1v) is 12.7. The summed E-state index contributed by atoms with van der Waals surface area (Å²) in [6.45, 7) is 8.18. The van der Waals surface area contributed by atoms with Crippen molar-refractivity contribution in [3.63, 3.8) is 0 Å². The second kappa shape index (κ2) is 12.2. The van der Waals surface area contributed by atoms with Gasteiger partial charge in [0.25, 0.3) is 11.8 Å². The zero-order chi connectivity index (χ0) is 24.8. The Bertz CT molecular complexity index is 1030. The van der Waals surface area contributed by atoms with Gasteiger partial charge in [-0.15, -0.1) is 0 Å². The molecule has 0 aromatic heterocycles. The molecule has 0 saturated carbocycles. The van der Waals surface area contributed by atoms with E-state index in [1.54, 1.807) is 23.1 Å². The summed E-state index contributed by atoms with van der Waals surface area (Å²) in [7, 11) is 0. The van der Waals surface area contributed by atoms with Gasteiger partial charge in [-0.1, -0.05) is 40.9 Å². The van der Waals surface area contributed by atoms with E-state index < -0.39 is 0 Å². The number of rotatable bonds is 7. The minimum absolute atomic E-state index is 0.0326. The van der Waals surface area contributed by atoms with Crippen LogP contribution in [0.2, 0.25) is 10.0 Å². The molecule has 0 N–H and O–H groups in total. The van der Waals surface area contributed by atoms with Crippen molar-refractivity contribution in [2.24, 2.45) is 0 Å². The third kappa shape index (κ3) is 6.96. The topological polar surface area (TPSA) is 62.3 Å². The average Bonchev–Trinajstić information content (AvgIpc) is 2.88. The molecule has 2 saturated heterocycles. The van der Waals surface area contributed by atoms with Crippen molar-refractivity contribution >= 4 is 35.0 Å². The van der Waals surface area contributed by atoms with Gasteiger partial charge in [-0.25, -0.2) is 0 Å². The van der Waals surface area contributed by atoms with Crippen LogP contribution in [-0.4, -0.2) is 98.3 Å². The van der Waals surface area contributed by atoms with Crippen LogP contribution in [0.4, 0.5) is 0 Å². The van der Waals surface area contributed by atoms with Gasteiger partial charge in [0.15, 0.2) is 0 Å². The van der Waals surface area contributed by atoms with E-state index in [1.807, 2.05) is 36.1 Å². The first-order valence-electron chi connectivity index (χ1n) is 11.9. The second-order valence-electron chi connectivity index (χ2n) is 8.94. The van der Waals surface area contributed by atoms with Gasteiger partial charge in [-0.3, -0.25) is 14.5 Å². The number of amides is 2. The van der Waals surface area contributed by atoms with Gasteiger partial charge in [0.05, 0.1) is 36.0 Å². The monoisotopic (exact) mass is 519 g/mol. The van der Waals surface area contributed by atoms with Crippen LogP contribution in [0.15, 0.2) is 42.5 Å². The standard InChI is InChI=1S/C26H31Cl2N3O4/c1-19-2-4-20(5-3-19)25(32)30(9-8-29-10-13-34-14-11-29)17-22-18-31(12-15-35-22)26(33)21-6-7-23(27)24(28)16-21/h2-7,16,22H,8-15,17-18H2,1H3/t22-/m0/s1. The Balaban J connectivity index is 1.44. The van der Waals surface area contributed by atoms with Crippen molar-refractivity contribution in [3.05, 3.63) is 69.2 Å². The molecule has 0 unspecified atom stereocenters. The van der Waals surface area contributed by atoms with Gasteiger partial charge in [0.1, 0.15) is 0 Å². The van der Waals surface area contributed by atoms with Gasteiger partial charge < -0.3 is 19.3 Å². The lowest BCUT2D eigenvalue weighted by atomic mass is 10.1. The van der Waals surface area contributed by atoms with Crippen LogP contribution in [0.25, 0.3) is 0 Å². The van der Waals surface area contributed by atoms with Gasteiger partial charge >= 0.3 is 0 Å². The van der Waals surface area contributed by atoms with Crippen molar-refractivity contribution in [2.75, 3.05) is 65.6 Å². The Labute approximate surface area is 216 Å². The van der Waals surface area contributed by atoms with E-state index in [1.165, 1.54) is 0 Å². The van der Waals surface area contributed by atoms with Crippen LogP contribution in [-0.2, 0) is 9.47 Å². The van der Waals surface area contributed by atoms with E-state index in [9.17, 15) is 9.59 Å². The molecule has 2 heterocycles. The van der Waals surface area contributed by atoms with Crippen LogP contribution >= 0.6 is 23.2 Å². The maximum Gasteiger partial charge on any atom is 0.254 e. The van der Waals surface area contributed by atoms with Gasteiger partial charge in [-0.2, -0.15) is 0 Å². The highest BCUT2D eigenvalue weighted by atomic mass is 35.5. The summed E-state index contributed by atoms with van der Waals surface area (Å²) in [5, 5.41) is 0.758. The molecule has 2 aromatic carbocycles. The molecule has 2 aliphatic heterocycles. The predicted octanol–water partition coefficient (Wildman–Crippen LogP) is 3.62. The molecule has 1 atom stereocenters. The summed E-state index contributed by atoms with van der Waals surface area (Å²) in [6.07, 6.45) is -0.283. The molecule has 0 radical (unpaired) electrons. The van der Waals surface area contributed by atoms with E-state index in [-0.39, 0.29) is 17.9 Å². The van der Waals surface area contributed by atoms with Crippen LogP contribution in [0.3, 0.4) is 0 Å². The summed E-state index contributed by atoms with van der Waals surface area (Å²) in [5.74, 6) is -0.156. The maximum absolute atomic E-state index is 13.4. The number of carbonyl (C=O) groups is 2. The fraction of sp³-hybridized carbons (Fsp3) is 0.462. The molecule has 2 aliphatic rings. The number of aryl methyl sites for hydroxylation is 1. The quantitative estimate of drug-likeness (QED) is 0.559. The molecule has 7 nitrogen and oxygen atoms in total. The molecule has 0 spiro atoms. The minimum Gasteiger partial charge on any atom is -0.379 e. The molecule has 2 amide bonds. The molecular formula is C26H31Cl2N3O4. The van der Waals surface area contributed by atoms with Crippen LogP contribution < -0.4 is 0 Å². The van der Waals surface area contributed by atoms with Crippen molar-refractivity contribution in [1.82, 2.24) is 14.7 Å². The normalized spacial score (nSPS) is 18.9. The Morgan fingerprint density at radius 3 is 2.40 bits per heavy atom. The molecule has 35 heavy (non-hydrogen) atoms. The number of morpholine rings is 2. The molecule has 0 aliphatic carbocycles. The van der Waals surface area contributed by atoms with Gasteiger partial charge in [0.2, 0.25) is 0 Å². The minimum atomic E-state index is -0.283. The van der Waals surface area contributed by atoms with E-state index in [2.05, 4.69) is 4.90 Å². The highest BCUT2D eigenvalue weighted by Gasteiger charge is 2.29. The smallest absolute Gasteiger partial charge is 0.254 e. The number of hydrogen-bond donors (Lipinski definition) is 0. The number of hydrogen-bond acceptors (Lipinski definition) is 5. The Morgan fingerprint density at radius 2 is 1.69 bits per heavy atom. The Hall–Kier alpha value is -2.16. The lowest BCUT2D eigenvalue weighted by molar-refractivity contribution is -0.0346. The van der Waals surface area contributed by atoms with Crippen LogP contribution in [0.5, 0.6) is 0 Å². The van der Waals surface area contributed by atoms with Crippen LogP contribution in [0.1, 0.15) is 26.3 Å².